The quantitative estimate of drug-likeness (QED) is 0.666. The number of rotatable bonds is 0. The zero-order valence-corrected chi connectivity index (χ0v) is 8.08. The number of hydrazone groups is 1. The first kappa shape index (κ1) is 7.85. The molecule has 0 saturated carbocycles. The molecular formula is C11H12N2O. The Balaban J connectivity index is 2.14. The molecule has 1 aromatic rings. The number of fused-ring (bicyclic) bond motifs is 3. The summed E-state index contributed by atoms with van der Waals surface area (Å²) in [7, 11) is 0. The minimum atomic E-state index is 0.435. The van der Waals surface area contributed by atoms with Gasteiger partial charge in [-0.1, -0.05) is 6.07 Å². The normalized spacial score (nSPS) is 22.9. The highest BCUT2D eigenvalue weighted by atomic mass is 16.5. The summed E-state index contributed by atoms with van der Waals surface area (Å²) in [5, 5.41) is 4.32. The van der Waals surface area contributed by atoms with Crippen LogP contribution < -0.4 is 10.2 Å². The molecule has 0 aliphatic carbocycles. The van der Waals surface area contributed by atoms with Gasteiger partial charge in [0, 0.05) is 12.1 Å². The SMILES string of the molecule is Cc1ccc2c(c1)OCC1CNN=C21. The van der Waals surface area contributed by atoms with E-state index in [2.05, 4.69) is 35.7 Å². The van der Waals surface area contributed by atoms with Gasteiger partial charge in [0.1, 0.15) is 5.75 Å². The van der Waals surface area contributed by atoms with Gasteiger partial charge < -0.3 is 10.2 Å². The maximum absolute atomic E-state index is 5.70. The first-order chi connectivity index (χ1) is 6.84. The lowest BCUT2D eigenvalue weighted by molar-refractivity contribution is 0.277. The van der Waals surface area contributed by atoms with Crippen molar-refractivity contribution in [1.82, 2.24) is 5.43 Å². The van der Waals surface area contributed by atoms with Gasteiger partial charge in [-0.15, -0.1) is 0 Å². The number of aryl methyl sites for hydroxylation is 1. The Morgan fingerprint density at radius 1 is 1.50 bits per heavy atom. The van der Waals surface area contributed by atoms with Gasteiger partial charge in [-0.05, 0) is 24.6 Å². The molecule has 2 heterocycles. The molecule has 14 heavy (non-hydrogen) atoms. The summed E-state index contributed by atoms with van der Waals surface area (Å²) in [5.74, 6) is 1.41. The van der Waals surface area contributed by atoms with E-state index in [1.165, 1.54) is 5.56 Å². The molecule has 0 saturated heterocycles. The molecule has 72 valence electrons. The zero-order valence-electron chi connectivity index (χ0n) is 8.08. The van der Waals surface area contributed by atoms with E-state index in [0.717, 1.165) is 30.2 Å². The molecule has 0 spiro atoms. The fourth-order valence-electron chi connectivity index (χ4n) is 2.00. The van der Waals surface area contributed by atoms with Crippen molar-refractivity contribution in [2.45, 2.75) is 6.92 Å². The summed E-state index contributed by atoms with van der Waals surface area (Å²) < 4.78 is 5.70. The number of ether oxygens (including phenoxy) is 1. The molecule has 3 nitrogen and oxygen atoms in total. The van der Waals surface area contributed by atoms with Crippen LogP contribution in [0.2, 0.25) is 0 Å². The van der Waals surface area contributed by atoms with Gasteiger partial charge in [-0.2, -0.15) is 5.10 Å². The second-order valence-electron chi connectivity index (χ2n) is 3.87. The van der Waals surface area contributed by atoms with Crippen LogP contribution in [0, 0.1) is 12.8 Å². The summed E-state index contributed by atoms with van der Waals surface area (Å²) in [5.41, 5.74) is 6.57. The highest BCUT2D eigenvalue weighted by molar-refractivity contribution is 6.06. The van der Waals surface area contributed by atoms with Gasteiger partial charge in [0.2, 0.25) is 0 Å². The number of nitrogens with zero attached hydrogens (tertiary/aromatic N) is 1. The number of hydrogen-bond donors (Lipinski definition) is 1. The van der Waals surface area contributed by atoms with Crippen molar-refractivity contribution in [2.24, 2.45) is 11.0 Å². The van der Waals surface area contributed by atoms with E-state index in [1.807, 2.05) is 0 Å². The van der Waals surface area contributed by atoms with Gasteiger partial charge >= 0.3 is 0 Å². The lowest BCUT2D eigenvalue weighted by Gasteiger charge is -2.22. The van der Waals surface area contributed by atoms with E-state index < -0.39 is 0 Å². The fraction of sp³-hybridized carbons (Fsp3) is 0.364. The summed E-state index contributed by atoms with van der Waals surface area (Å²) in [6.07, 6.45) is 0. The first-order valence-corrected chi connectivity index (χ1v) is 4.89. The van der Waals surface area contributed by atoms with Crippen molar-refractivity contribution < 1.29 is 4.74 Å². The molecule has 0 fully saturated rings. The van der Waals surface area contributed by atoms with Gasteiger partial charge in [0.25, 0.3) is 0 Å². The molecular weight excluding hydrogens is 176 g/mol. The first-order valence-electron chi connectivity index (χ1n) is 4.89. The van der Waals surface area contributed by atoms with Gasteiger partial charge in [0.15, 0.2) is 0 Å². The highest BCUT2D eigenvalue weighted by Crippen LogP contribution is 2.29. The lowest BCUT2D eigenvalue weighted by Crippen LogP contribution is -2.28. The van der Waals surface area contributed by atoms with E-state index in [9.17, 15) is 0 Å². The van der Waals surface area contributed by atoms with Crippen molar-refractivity contribution in [1.29, 1.82) is 0 Å². The Kier molecular flexibility index (Phi) is 1.54. The van der Waals surface area contributed by atoms with Gasteiger partial charge in [0.05, 0.1) is 18.2 Å². The summed E-state index contributed by atoms with van der Waals surface area (Å²) in [6.45, 7) is 3.73. The van der Waals surface area contributed by atoms with Crippen molar-refractivity contribution in [3.8, 4) is 5.75 Å². The molecule has 1 atom stereocenters. The third-order valence-corrected chi connectivity index (χ3v) is 2.78. The highest BCUT2D eigenvalue weighted by Gasteiger charge is 2.29. The summed E-state index contributed by atoms with van der Waals surface area (Å²) in [6, 6.07) is 6.28. The summed E-state index contributed by atoms with van der Waals surface area (Å²) in [4.78, 5) is 0. The predicted octanol–water partition coefficient (Wildman–Crippen LogP) is 1.31. The van der Waals surface area contributed by atoms with Crippen molar-refractivity contribution in [2.75, 3.05) is 13.2 Å². The average Bonchev–Trinajstić information content (AvgIpc) is 2.65. The molecule has 2 aliphatic heterocycles. The third-order valence-electron chi connectivity index (χ3n) is 2.78. The van der Waals surface area contributed by atoms with Crippen LogP contribution in [0.3, 0.4) is 0 Å². The van der Waals surface area contributed by atoms with Gasteiger partial charge in [-0.25, -0.2) is 0 Å². The van der Waals surface area contributed by atoms with Crippen LogP contribution in [0.4, 0.5) is 0 Å². The average molecular weight is 188 g/mol. The molecule has 1 unspecified atom stereocenters. The molecule has 3 rings (SSSR count). The van der Waals surface area contributed by atoms with Crippen LogP contribution >= 0.6 is 0 Å². The molecule has 0 radical (unpaired) electrons. The Labute approximate surface area is 82.8 Å². The minimum Gasteiger partial charge on any atom is -0.492 e. The van der Waals surface area contributed by atoms with Gasteiger partial charge in [-0.3, -0.25) is 0 Å². The van der Waals surface area contributed by atoms with Crippen molar-refractivity contribution in [3.63, 3.8) is 0 Å². The standard InChI is InChI=1S/C11H12N2O/c1-7-2-3-9-10(4-7)14-6-8-5-12-13-11(8)9/h2-4,8,12H,5-6H2,1H3. The molecule has 1 N–H and O–H groups in total. The summed E-state index contributed by atoms with van der Waals surface area (Å²) >= 11 is 0. The fourth-order valence-corrected chi connectivity index (χ4v) is 2.00. The monoisotopic (exact) mass is 188 g/mol. The molecule has 2 aliphatic rings. The molecule has 0 amide bonds. The Morgan fingerprint density at radius 3 is 3.36 bits per heavy atom. The molecule has 3 heteroatoms. The van der Waals surface area contributed by atoms with E-state index in [0.29, 0.717) is 5.92 Å². The second kappa shape index (κ2) is 2.74. The van der Waals surface area contributed by atoms with Crippen LogP contribution in [0.5, 0.6) is 5.75 Å². The van der Waals surface area contributed by atoms with Crippen LogP contribution in [0.1, 0.15) is 11.1 Å². The lowest BCUT2D eigenvalue weighted by atomic mass is 9.94. The molecule has 0 aromatic heterocycles. The zero-order chi connectivity index (χ0) is 9.54. The van der Waals surface area contributed by atoms with E-state index >= 15 is 0 Å². The molecule has 1 aromatic carbocycles. The van der Waals surface area contributed by atoms with Crippen LogP contribution in [0.15, 0.2) is 23.3 Å². The van der Waals surface area contributed by atoms with E-state index in [1.54, 1.807) is 0 Å². The van der Waals surface area contributed by atoms with Crippen molar-refractivity contribution >= 4 is 5.71 Å². The third kappa shape index (κ3) is 1.02. The Morgan fingerprint density at radius 2 is 2.43 bits per heavy atom. The van der Waals surface area contributed by atoms with Crippen molar-refractivity contribution in [3.05, 3.63) is 29.3 Å². The largest absolute Gasteiger partial charge is 0.492 e. The Hall–Kier alpha value is -1.51. The number of nitrogens with one attached hydrogen (secondary N) is 1. The maximum Gasteiger partial charge on any atom is 0.128 e. The number of hydrogen-bond acceptors (Lipinski definition) is 3. The number of benzene rings is 1. The topological polar surface area (TPSA) is 33.6 Å². The van der Waals surface area contributed by atoms with E-state index in [4.69, 9.17) is 4.74 Å². The smallest absolute Gasteiger partial charge is 0.128 e. The minimum absolute atomic E-state index is 0.435. The van der Waals surface area contributed by atoms with E-state index in [-0.39, 0.29) is 0 Å². The predicted molar refractivity (Wildman–Crippen MR) is 54.7 cm³/mol. The molecule has 0 bridgehead atoms. The maximum atomic E-state index is 5.70. The second-order valence-corrected chi connectivity index (χ2v) is 3.87. The Bertz CT molecular complexity index is 412. The van der Waals surface area contributed by atoms with Crippen LogP contribution in [-0.2, 0) is 0 Å². The van der Waals surface area contributed by atoms with Crippen LogP contribution in [-0.4, -0.2) is 18.9 Å². The van der Waals surface area contributed by atoms with Crippen LogP contribution in [0.25, 0.3) is 0 Å².